The molecule has 0 atom stereocenters. The second-order valence-corrected chi connectivity index (χ2v) is 2.67. The molecule has 1 N–H and O–H groups in total. The van der Waals surface area contributed by atoms with E-state index in [1.807, 2.05) is 6.07 Å². The lowest BCUT2D eigenvalue weighted by molar-refractivity contribution is -0.136. The normalized spacial score (nSPS) is 9.23. The first kappa shape index (κ1) is 9.20. The fourth-order valence-electron chi connectivity index (χ4n) is 1.03. The molecule has 1 rings (SSSR count). The van der Waals surface area contributed by atoms with Gasteiger partial charge in [-0.25, -0.2) is 0 Å². The third kappa shape index (κ3) is 2.27. The maximum atomic E-state index is 10.4. The standard InChI is InChI=1S/C9H8N2O2/c1-6-2-7(3-9(12)13)8(4-10)5-11-6/h2,5H,3H2,1H3,(H,12,13). The third-order valence-electron chi connectivity index (χ3n) is 1.59. The van der Waals surface area contributed by atoms with Gasteiger partial charge >= 0.3 is 5.97 Å². The van der Waals surface area contributed by atoms with Crippen LogP contribution in [0, 0.1) is 18.3 Å². The summed E-state index contributed by atoms with van der Waals surface area (Å²) in [6.45, 7) is 1.76. The Bertz CT molecular complexity index is 380. The smallest absolute Gasteiger partial charge is 0.307 e. The van der Waals surface area contributed by atoms with Crippen molar-refractivity contribution in [3.63, 3.8) is 0 Å². The summed E-state index contributed by atoms with van der Waals surface area (Å²) >= 11 is 0. The summed E-state index contributed by atoms with van der Waals surface area (Å²) in [6, 6.07) is 3.52. The number of carboxylic acid groups (broad SMARTS) is 1. The lowest BCUT2D eigenvalue weighted by atomic mass is 10.1. The van der Waals surface area contributed by atoms with Crippen molar-refractivity contribution in [3.05, 3.63) is 29.1 Å². The van der Waals surface area contributed by atoms with Crippen LogP contribution < -0.4 is 0 Å². The number of aliphatic carboxylic acids is 1. The molecule has 0 bridgehead atoms. The molecule has 1 aromatic heterocycles. The van der Waals surface area contributed by atoms with Crippen LogP contribution in [0.15, 0.2) is 12.3 Å². The van der Waals surface area contributed by atoms with Crippen LogP contribution in [-0.4, -0.2) is 16.1 Å². The van der Waals surface area contributed by atoms with E-state index in [9.17, 15) is 4.79 Å². The summed E-state index contributed by atoms with van der Waals surface area (Å²) in [4.78, 5) is 14.3. The SMILES string of the molecule is Cc1cc(CC(=O)O)c(C#N)cn1. The number of pyridine rings is 1. The molecule has 0 aliphatic rings. The number of carboxylic acids is 1. The van der Waals surface area contributed by atoms with Gasteiger partial charge in [-0.1, -0.05) is 0 Å². The average molecular weight is 176 g/mol. The average Bonchev–Trinajstić information content (AvgIpc) is 2.03. The highest BCUT2D eigenvalue weighted by Crippen LogP contribution is 2.08. The van der Waals surface area contributed by atoms with Gasteiger partial charge in [-0.05, 0) is 18.6 Å². The second kappa shape index (κ2) is 3.68. The van der Waals surface area contributed by atoms with Crippen LogP contribution in [0.4, 0.5) is 0 Å². The number of rotatable bonds is 2. The van der Waals surface area contributed by atoms with Crippen molar-refractivity contribution in [1.82, 2.24) is 4.98 Å². The molecule has 0 aliphatic heterocycles. The minimum Gasteiger partial charge on any atom is -0.481 e. The van der Waals surface area contributed by atoms with Crippen molar-refractivity contribution in [3.8, 4) is 6.07 Å². The number of nitriles is 1. The predicted molar refractivity (Wildman–Crippen MR) is 45.0 cm³/mol. The van der Waals surface area contributed by atoms with Gasteiger partial charge in [0.25, 0.3) is 0 Å². The Hall–Kier alpha value is -1.89. The van der Waals surface area contributed by atoms with E-state index in [-0.39, 0.29) is 6.42 Å². The van der Waals surface area contributed by atoms with E-state index in [1.54, 1.807) is 13.0 Å². The van der Waals surface area contributed by atoms with Gasteiger partial charge in [0, 0.05) is 11.9 Å². The van der Waals surface area contributed by atoms with E-state index in [0.717, 1.165) is 5.69 Å². The zero-order valence-corrected chi connectivity index (χ0v) is 7.11. The third-order valence-corrected chi connectivity index (χ3v) is 1.59. The summed E-state index contributed by atoms with van der Waals surface area (Å²) < 4.78 is 0. The van der Waals surface area contributed by atoms with Crippen LogP contribution in [0.25, 0.3) is 0 Å². The van der Waals surface area contributed by atoms with E-state index in [0.29, 0.717) is 11.1 Å². The van der Waals surface area contributed by atoms with Gasteiger partial charge in [-0.2, -0.15) is 5.26 Å². The maximum absolute atomic E-state index is 10.4. The molecule has 13 heavy (non-hydrogen) atoms. The molecule has 66 valence electrons. The quantitative estimate of drug-likeness (QED) is 0.726. The topological polar surface area (TPSA) is 74.0 Å². The predicted octanol–water partition coefficient (Wildman–Crippen LogP) is 0.889. The largest absolute Gasteiger partial charge is 0.481 e. The molecule has 1 heterocycles. The number of hydrogen-bond donors (Lipinski definition) is 1. The lowest BCUT2D eigenvalue weighted by Gasteiger charge is -2.00. The fraction of sp³-hybridized carbons (Fsp3) is 0.222. The van der Waals surface area contributed by atoms with Crippen molar-refractivity contribution >= 4 is 5.97 Å². The molecule has 0 saturated carbocycles. The van der Waals surface area contributed by atoms with Crippen molar-refractivity contribution in [2.45, 2.75) is 13.3 Å². The van der Waals surface area contributed by atoms with Crippen LogP contribution in [0.3, 0.4) is 0 Å². The Morgan fingerprint density at radius 3 is 3.00 bits per heavy atom. The Kier molecular flexibility index (Phi) is 2.60. The number of nitrogens with zero attached hydrogens (tertiary/aromatic N) is 2. The highest BCUT2D eigenvalue weighted by molar-refractivity contribution is 5.71. The molecule has 0 fully saturated rings. The van der Waals surface area contributed by atoms with Crippen LogP contribution >= 0.6 is 0 Å². The Morgan fingerprint density at radius 2 is 2.46 bits per heavy atom. The van der Waals surface area contributed by atoms with Crippen molar-refractivity contribution < 1.29 is 9.90 Å². The number of hydrogen-bond acceptors (Lipinski definition) is 3. The van der Waals surface area contributed by atoms with Crippen LogP contribution in [0.5, 0.6) is 0 Å². The van der Waals surface area contributed by atoms with E-state index in [1.165, 1.54) is 6.20 Å². The Labute approximate surface area is 75.5 Å². The van der Waals surface area contributed by atoms with Crippen LogP contribution in [-0.2, 0) is 11.2 Å². The molecule has 0 aliphatic carbocycles. The molecule has 1 aromatic rings. The van der Waals surface area contributed by atoms with Crippen molar-refractivity contribution in [2.24, 2.45) is 0 Å². The highest BCUT2D eigenvalue weighted by atomic mass is 16.4. The van der Waals surface area contributed by atoms with Crippen molar-refractivity contribution in [1.29, 1.82) is 5.26 Å². The van der Waals surface area contributed by atoms with E-state index >= 15 is 0 Å². The second-order valence-electron chi connectivity index (χ2n) is 2.67. The molecule has 0 spiro atoms. The summed E-state index contributed by atoms with van der Waals surface area (Å²) in [5.41, 5.74) is 1.56. The zero-order valence-electron chi connectivity index (χ0n) is 7.11. The molecule has 0 amide bonds. The minimum absolute atomic E-state index is 0.133. The fourth-order valence-corrected chi connectivity index (χ4v) is 1.03. The summed E-state index contributed by atoms with van der Waals surface area (Å²) in [7, 11) is 0. The van der Waals surface area contributed by atoms with E-state index in [2.05, 4.69) is 4.98 Å². The Balaban J connectivity index is 3.10. The maximum Gasteiger partial charge on any atom is 0.307 e. The van der Waals surface area contributed by atoms with Gasteiger partial charge in [0.1, 0.15) is 6.07 Å². The highest BCUT2D eigenvalue weighted by Gasteiger charge is 2.06. The zero-order chi connectivity index (χ0) is 9.84. The van der Waals surface area contributed by atoms with E-state index in [4.69, 9.17) is 10.4 Å². The summed E-state index contributed by atoms with van der Waals surface area (Å²) in [6.07, 6.45) is 1.26. The van der Waals surface area contributed by atoms with Gasteiger partial charge in [0.2, 0.25) is 0 Å². The molecule has 0 aromatic carbocycles. The minimum atomic E-state index is -0.942. The first-order chi connectivity index (χ1) is 6.13. The summed E-state index contributed by atoms with van der Waals surface area (Å²) in [5, 5.41) is 17.2. The Morgan fingerprint density at radius 1 is 1.77 bits per heavy atom. The van der Waals surface area contributed by atoms with Crippen molar-refractivity contribution in [2.75, 3.05) is 0 Å². The summed E-state index contributed by atoms with van der Waals surface area (Å²) in [5.74, 6) is -0.942. The first-order valence-corrected chi connectivity index (χ1v) is 3.71. The van der Waals surface area contributed by atoms with Crippen LogP contribution in [0.1, 0.15) is 16.8 Å². The number of aromatic nitrogens is 1. The number of aryl methyl sites for hydroxylation is 1. The van der Waals surface area contributed by atoms with Gasteiger partial charge in [0.15, 0.2) is 0 Å². The van der Waals surface area contributed by atoms with E-state index < -0.39 is 5.97 Å². The first-order valence-electron chi connectivity index (χ1n) is 3.71. The van der Waals surface area contributed by atoms with Gasteiger partial charge in [0.05, 0.1) is 12.0 Å². The van der Waals surface area contributed by atoms with Crippen LogP contribution in [0.2, 0.25) is 0 Å². The molecule has 0 saturated heterocycles. The van der Waals surface area contributed by atoms with Gasteiger partial charge in [-0.15, -0.1) is 0 Å². The molecule has 0 unspecified atom stereocenters. The van der Waals surface area contributed by atoms with Gasteiger partial charge < -0.3 is 5.11 Å². The van der Waals surface area contributed by atoms with Gasteiger partial charge in [-0.3, -0.25) is 9.78 Å². The molecular weight excluding hydrogens is 168 g/mol. The molecule has 0 radical (unpaired) electrons. The molecule has 4 nitrogen and oxygen atoms in total. The molecule has 4 heteroatoms. The molecular formula is C9H8N2O2. The lowest BCUT2D eigenvalue weighted by Crippen LogP contribution is -2.03. The monoisotopic (exact) mass is 176 g/mol. The number of carbonyl (C=O) groups is 1.